The fourth-order valence-corrected chi connectivity index (χ4v) is 4.78. The van der Waals surface area contributed by atoms with Crippen LogP contribution in [0.2, 0.25) is 0 Å². The topological polar surface area (TPSA) is 90.2 Å². The molecule has 4 heterocycles. The molecule has 2 aliphatic heterocycles. The van der Waals surface area contributed by atoms with E-state index in [-0.39, 0.29) is 11.7 Å². The predicted molar refractivity (Wildman–Crippen MR) is 110 cm³/mol. The molecule has 0 saturated carbocycles. The van der Waals surface area contributed by atoms with Crippen molar-refractivity contribution in [2.45, 2.75) is 65.5 Å². The second-order valence-corrected chi connectivity index (χ2v) is 8.34. The SMILES string of the molecule is CC(=O)c1c(C)nn(CCC(=O)N2CCC3(CC2)OCCc2cnc(C)nc23)c1C. The Morgan fingerprint density at radius 2 is 1.93 bits per heavy atom. The van der Waals surface area contributed by atoms with Crippen LogP contribution in [-0.2, 0) is 28.1 Å². The highest BCUT2D eigenvalue weighted by Crippen LogP contribution is 2.40. The summed E-state index contributed by atoms with van der Waals surface area (Å²) in [6.07, 6.45) is 4.62. The van der Waals surface area contributed by atoms with Gasteiger partial charge in [-0.15, -0.1) is 0 Å². The van der Waals surface area contributed by atoms with E-state index in [0.717, 1.165) is 47.7 Å². The number of rotatable bonds is 4. The maximum absolute atomic E-state index is 12.8. The van der Waals surface area contributed by atoms with Crippen LogP contribution < -0.4 is 0 Å². The van der Waals surface area contributed by atoms with Crippen molar-refractivity contribution in [3.63, 3.8) is 0 Å². The molecule has 8 nitrogen and oxygen atoms in total. The Kier molecular flexibility index (Phi) is 5.44. The molecule has 160 valence electrons. The predicted octanol–water partition coefficient (Wildman–Crippen LogP) is 2.28. The highest BCUT2D eigenvalue weighted by molar-refractivity contribution is 5.96. The van der Waals surface area contributed by atoms with Gasteiger partial charge >= 0.3 is 0 Å². The van der Waals surface area contributed by atoms with Crippen LogP contribution in [0, 0.1) is 20.8 Å². The lowest BCUT2D eigenvalue weighted by molar-refractivity contribution is -0.141. The van der Waals surface area contributed by atoms with Gasteiger partial charge in [-0.05, 0) is 52.5 Å². The lowest BCUT2D eigenvalue weighted by Gasteiger charge is -2.44. The molecule has 1 saturated heterocycles. The Labute approximate surface area is 176 Å². The molecule has 2 aromatic rings. The summed E-state index contributed by atoms with van der Waals surface area (Å²) in [5.41, 5.74) is 3.98. The Morgan fingerprint density at radius 1 is 1.20 bits per heavy atom. The molecule has 1 amide bonds. The highest BCUT2D eigenvalue weighted by Gasteiger charge is 2.43. The summed E-state index contributed by atoms with van der Waals surface area (Å²) in [6, 6.07) is 0. The summed E-state index contributed by atoms with van der Waals surface area (Å²) in [7, 11) is 0. The van der Waals surface area contributed by atoms with Gasteiger partial charge in [0, 0.05) is 37.9 Å². The van der Waals surface area contributed by atoms with Gasteiger partial charge in [0.15, 0.2) is 5.78 Å². The number of nitrogens with zero attached hydrogens (tertiary/aromatic N) is 5. The van der Waals surface area contributed by atoms with Crippen molar-refractivity contribution in [1.82, 2.24) is 24.6 Å². The molecule has 8 heteroatoms. The summed E-state index contributed by atoms with van der Waals surface area (Å²) in [5.74, 6) is 0.874. The van der Waals surface area contributed by atoms with E-state index < -0.39 is 5.60 Å². The molecule has 0 unspecified atom stereocenters. The molecule has 30 heavy (non-hydrogen) atoms. The standard InChI is InChI=1S/C22H29N5O3/c1-14-20(16(3)28)15(2)27(25-14)9-5-19(29)26-10-7-22(8-11-26)21-18(6-12-30-22)13-23-17(4)24-21/h13H,5-12H2,1-4H3. The number of carbonyl (C=O) groups is 2. The molecule has 0 aliphatic carbocycles. The molecule has 0 N–H and O–H groups in total. The first kappa shape index (κ1) is 20.7. The van der Waals surface area contributed by atoms with Crippen LogP contribution in [0.25, 0.3) is 0 Å². The number of carbonyl (C=O) groups excluding carboxylic acids is 2. The van der Waals surface area contributed by atoms with Crippen LogP contribution in [0.15, 0.2) is 6.20 Å². The summed E-state index contributed by atoms with van der Waals surface area (Å²) < 4.78 is 8.00. The second-order valence-electron chi connectivity index (χ2n) is 8.34. The Hall–Kier alpha value is -2.61. The largest absolute Gasteiger partial charge is 0.368 e. The molecule has 1 spiro atoms. The zero-order valence-electron chi connectivity index (χ0n) is 18.2. The smallest absolute Gasteiger partial charge is 0.224 e. The van der Waals surface area contributed by atoms with E-state index in [1.54, 1.807) is 11.6 Å². The van der Waals surface area contributed by atoms with Crippen molar-refractivity contribution >= 4 is 11.7 Å². The van der Waals surface area contributed by atoms with Crippen molar-refractivity contribution < 1.29 is 14.3 Å². The number of ketones is 1. The fraction of sp³-hybridized carbons (Fsp3) is 0.591. The normalized spacial score (nSPS) is 17.8. The van der Waals surface area contributed by atoms with Gasteiger partial charge in [0.2, 0.25) is 5.91 Å². The van der Waals surface area contributed by atoms with E-state index in [0.29, 0.717) is 38.2 Å². The molecule has 0 aromatic carbocycles. The minimum Gasteiger partial charge on any atom is -0.368 e. The van der Waals surface area contributed by atoms with Crippen molar-refractivity contribution in [3.8, 4) is 0 Å². The number of likely N-dealkylation sites (tertiary alicyclic amines) is 1. The lowest BCUT2D eigenvalue weighted by atomic mass is 9.83. The van der Waals surface area contributed by atoms with Crippen molar-refractivity contribution in [1.29, 1.82) is 0 Å². The van der Waals surface area contributed by atoms with Gasteiger partial charge in [-0.1, -0.05) is 0 Å². The van der Waals surface area contributed by atoms with Gasteiger partial charge in [0.1, 0.15) is 11.4 Å². The molecule has 0 atom stereocenters. The summed E-state index contributed by atoms with van der Waals surface area (Å²) in [5, 5.41) is 4.44. The van der Waals surface area contributed by atoms with E-state index in [2.05, 4.69) is 10.1 Å². The van der Waals surface area contributed by atoms with E-state index in [1.807, 2.05) is 31.9 Å². The molecule has 0 bridgehead atoms. The number of Topliss-reactive ketones (excluding diaryl/α,β-unsaturated/α-hetero) is 1. The van der Waals surface area contributed by atoms with E-state index in [4.69, 9.17) is 9.72 Å². The number of aryl methyl sites for hydroxylation is 3. The van der Waals surface area contributed by atoms with Gasteiger partial charge in [-0.3, -0.25) is 14.3 Å². The summed E-state index contributed by atoms with van der Waals surface area (Å²) in [6.45, 7) is 9.61. The highest BCUT2D eigenvalue weighted by atomic mass is 16.5. The van der Waals surface area contributed by atoms with Crippen LogP contribution in [0.4, 0.5) is 0 Å². The van der Waals surface area contributed by atoms with Crippen LogP contribution in [-0.4, -0.2) is 56.0 Å². The van der Waals surface area contributed by atoms with E-state index in [1.165, 1.54) is 0 Å². The van der Waals surface area contributed by atoms with Crippen molar-refractivity contribution in [2.24, 2.45) is 0 Å². The summed E-state index contributed by atoms with van der Waals surface area (Å²) in [4.78, 5) is 35.6. The van der Waals surface area contributed by atoms with Gasteiger partial charge in [-0.2, -0.15) is 5.10 Å². The van der Waals surface area contributed by atoms with E-state index in [9.17, 15) is 9.59 Å². The molecular weight excluding hydrogens is 382 g/mol. The maximum Gasteiger partial charge on any atom is 0.224 e. The summed E-state index contributed by atoms with van der Waals surface area (Å²) >= 11 is 0. The molecule has 1 fully saturated rings. The maximum atomic E-state index is 12.8. The zero-order chi connectivity index (χ0) is 21.5. The van der Waals surface area contributed by atoms with Crippen LogP contribution >= 0.6 is 0 Å². The quantitative estimate of drug-likeness (QED) is 0.717. The van der Waals surface area contributed by atoms with E-state index >= 15 is 0 Å². The number of piperidine rings is 1. The third kappa shape index (κ3) is 3.64. The minimum absolute atomic E-state index is 0.00992. The number of fused-ring (bicyclic) bond motifs is 2. The number of amides is 1. The lowest BCUT2D eigenvalue weighted by Crippen LogP contribution is -2.49. The van der Waals surface area contributed by atoms with Crippen LogP contribution in [0.5, 0.6) is 0 Å². The number of hydrogen-bond donors (Lipinski definition) is 0. The average molecular weight is 412 g/mol. The molecule has 2 aliphatic rings. The number of ether oxygens (including phenoxy) is 1. The number of aromatic nitrogens is 4. The fourth-order valence-electron chi connectivity index (χ4n) is 4.78. The molecule has 4 rings (SSSR count). The number of hydrogen-bond acceptors (Lipinski definition) is 6. The first-order valence-electron chi connectivity index (χ1n) is 10.6. The Balaban J connectivity index is 1.40. The first-order valence-corrected chi connectivity index (χ1v) is 10.6. The Morgan fingerprint density at radius 3 is 2.60 bits per heavy atom. The van der Waals surface area contributed by atoms with Crippen LogP contribution in [0.3, 0.4) is 0 Å². The second kappa shape index (κ2) is 7.91. The molecule has 0 radical (unpaired) electrons. The third-order valence-corrected chi connectivity index (χ3v) is 6.36. The van der Waals surface area contributed by atoms with Gasteiger partial charge in [0.05, 0.1) is 23.6 Å². The van der Waals surface area contributed by atoms with Crippen LogP contribution in [0.1, 0.15) is 65.0 Å². The first-order chi connectivity index (χ1) is 14.3. The Bertz CT molecular complexity index is 989. The third-order valence-electron chi connectivity index (χ3n) is 6.36. The van der Waals surface area contributed by atoms with Crippen molar-refractivity contribution in [3.05, 3.63) is 40.2 Å². The monoisotopic (exact) mass is 411 g/mol. The minimum atomic E-state index is -0.399. The molecular formula is C22H29N5O3. The average Bonchev–Trinajstić information content (AvgIpc) is 3.01. The van der Waals surface area contributed by atoms with Gasteiger partial charge in [-0.25, -0.2) is 9.97 Å². The van der Waals surface area contributed by atoms with Gasteiger partial charge in [0.25, 0.3) is 0 Å². The van der Waals surface area contributed by atoms with Gasteiger partial charge < -0.3 is 9.64 Å². The van der Waals surface area contributed by atoms with Crippen molar-refractivity contribution in [2.75, 3.05) is 19.7 Å². The molecule has 2 aromatic heterocycles. The zero-order valence-corrected chi connectivity index (χ0v) is 18.2.